The molecule has 2 rings (SSSR count). The number of methoxy groups -OCH3 is 1. The Hall–Kier alpha value is -2.28. The molecule has 1 unspecified atom stereocenters. The van der Waals surface area contributed by atoms with Crippen LogP contribution in [0.3, 0.4) is 0 Å². The quantitative estimate of drug-likeness (QED) is 0.779. The molecule has 1 heterocycles. The molecule has 0 spiro atoms. The number of halogens is 1. The van der Waals surface area contributed by atoms with Gasteiger partial charge in [0.2, 0.25) is 5.91 Å². The van der Waals surface area contributed by atoms with Crippen molar-refractivity contribution in [3.05, 3.63) is 52.2 Å². The zero-order valence-corrected chi connectivity index (χ0v) is 14.4. The van der Waals surface area contributed by atoms with E-state index >= 15 is 0 Å². The monoisotopic (exact) mass is 350 g/mol. The third-order valence-electron chi connectivity index (χ3n) is 3.85. The van der Waals surface area contributed by atoms with Crippen LogP contribution < -0.4 is 5.32 Å². The maximum atomic E-state index is 13.1. The van der Waals surface area contributed by atoms with Crippen LogP contribution in [-0.2, 0) is 26.2 Å². The minimum Gasteiger partial charge on any atom is -0.468 e. The molecule has 0 bridgehead atoms. The normalized spacial score (nSPS) is 13.1. The van der Waals surface area contributed by atoms with Crippen molar-refractivity contribution < 1.29 is 18.7 Å². The van der Waals surface area contributed by atoms with Crippen LogP contribution in [0.15, 0.2) is 35.2 Å². The van der Waals surface area contributed by atoms with Gasteiger partial charge in [-0.15, -0.1) is 11.3 Å². The summed E-state index contributed by atoms with van der Waals surface area (Å²) in [5, 5.41) is 4.65. The number of nitrogens with one attached hydrogen (secondary N) is 1. The van der Waals surface area contributed by atoms with E-state index in [0.29, 0.717) is 12.0 Å². The molecule has 7 heteroatoms. The SMILES string of the molecule is COC(=O)C(C)(CNC(=O)CCc1cscn1)c1ccc(F)cc1. The van der Waals surface area contributed by atoms with Crippen LogP contribution in [0, 0.1) is 5.82 Å². The Morgan fingerprint density at radius 1 is 1.33 bits per heavy atom. The van der Waals surface area contributed by atoms with E-state index < -0.39 is 17.2 Å². The summed E-state index contributed by atoms with van der Waals surface area (Å²) in [7, 11) is 1.29. The fraction of sp³-hybridized carbons (Fsp3) is 0.353. The van der Waals surface area contributed by atoms with Crippen molar-refractivity contribution in [2.75, 3.05) is 13.7 Å². The minimum atomic E-state index is -1.08. The van der Waals surface area contributed by atoms with E-state index in [1.807, 2.05) is 5.38 Å². The molecule has 0 saturated carbocycles. The Kier molecular flexibility index (Phi) is 6.03. The lowest BCUT2D eigenvalue weighted by Gasteiger charge is -2.27. The number of nitrogens with zero attached hydrogens (tertiary/aromatic N) is 1. The van der Waals surface area contributed by atoms with Crippen molar-refractivity contribution in [2.45, 2.75) is 25.2 Å². The van der Waals surface area contributed by atoms with Gasteiger partial charge in [0.05, 0.1) is 18.3 Å². The first-order valence-electron chi connectivity index (χ1n) is 7.44. The van der Waals surface area contributed by atoms with E-state index in [-0.39, 0.29) is 18.9 Å². The molecule has 0 saturated heterocycles. The Bertz CT molecular complexity index is 688. The first-order chi connectivity index (χ1) is 11.5. The van der Waals surface area contributed by atoms with E-state index in [2.05, 4.69) is 10.3 Å². The summed E-state index contributed by atoms with van der Waals surface area (Å²) in [6, 6.07) is 5.60. The highest BCUT2D eigenvalue weighted by Gasteiger charge is 2.36. The third-order valence-corrected chi connectivity index (χ3v) is 4.48. The van der Waals surface area contributed by atoms with Gasteiger partial charge < -0.3 is 10.1 Å². The average Bonchev–Trinajstić information content (AvgIpc) is 3.11. The summed E-state index contributed by atoms with van der Waals surface area (Å²) < 4.78 is 18.0. The zero-order chi connectivity index (χ0) is 17.6. The molecule has 0 aliphatic rings. The van der Waals surface area contributed by atoms with Crippen molar-refractivity contribution in [1.82, 2.24) is 10.3 Å². The molecule has 128 valence electrons. The predicted molar refractivity (Wildman–Crippen MR) is 89.2 cm³/mol. The molecular formula is C17H19FN2O3S. The van der Waals surface area contributed by atoms with Crippen LogP contribution in [0.5, 0.6) is 0 Å². The van der Waals surface area contributed by atoms with Gasteiger partial charge in [0, 0.05) is 18.3 Å². The molecule has 0 aliphatic heterocycles. The van der Waals surface area contributed by atoms with Crippen LogP contribution in [0.25, 0.3) is 0 Å². The van der Waals surface area contributed by atoms with E-state index in [0.717, 1.165) is 5.69 Å². The van der Waals surface area contributed by atoms with E-state index in [1.165, 1.54) is 42.7 Å². The van der Waals surface area contributed by atoms with Gasteiger partial charge in [-0.05, 0) is 31.0 Å². The Morgan fingerprint density at radius 2 is 2.04 bits per heavy atom. The van der Waals surface area contributed by atoms with Crippen LogP contribution in [0.4, 0.5) is 4.39 Å². The largest absolute Gasteiger partial charge is 0.468 e. The first kappa shape index (κ1) is 18.1. The highest BCUT2D eigenvalue weighted by atomic mass is 32.1. The summed E-state index contributed by atoms with van der Waals surface area (Å²) in [6.45, 7) is 1.73. The van der Waals surface area contributed by atoms with Gasteiger partial charge in [0.1, 0.15) is 11.2 Å². The van der Waals surface area contributed by atoms with Gasteiger partial charge in [-0.2, -0.15) is 0 Å². The molecule has 0 aliphatic carbocycles. The smallest absolute Gasteiger partial charge is 0.317 e. The standard InChI is InChI=1S/C17H19FN2O3S/c1-17(16(22)23-2,12-3-5-13(18)6-4-12)10-19-15(21)8-7-14-9-24-11-20-14/h3-6,9,11H,7-8,10H2,1-2H3,(H,19,21). The van der Waals surface area contributed by atoms with Crippen LogP contribution in [-0.4, -0.2) is 30.5 Å². The molecule has 1 atom stereocenters. The number of rotatable bonds is 7. The van der Waals surface area contributed by atoms with Crippen molar-refractivity contribution in [3.63, 3.8) is 0 Å². The van der Waals surface area contributed by atoms with Gasteiger partial charge in [0.25, 0.3) is 0 Å². The second-order valence-corrected chi connectivity index (χ2v) is 6.31. The first-order valence-corrected chi connectivity index (χ1v) is 8.38. The summed E-state index contributed by atoms with van der Waals surface area (Å²) in [4.78, 5) is 28.4. The number of amides is 1. The fourth-order valence-electron chi connectivity index (χ4n) is 2.30. The third kappa shape index (κ3) is 4.38. The molecule has 0 radical (unpaired) electrons. The molecule has 0 fully saturated rings. The lowest BCUT2D eigenvalue weighted by molar-refractivity contribution is -0.146. The number of hydrogen-bond donors (Lipinski definition) is 1. The number of ether oxygens (including phenoxy) is 1. The molecule has 1 aromatic carbocycles. The number of thiazole rings is 1. The second kappa shape index (κ2) is 8.01. The topological polar surface area (TPSA) is 68.3 Å². The Balaban J connectivity index is 2.02. The Labute approximate surface area is 143 Å². The van der Waals surface area contributed by atoms with Gasteiger partial charge in [0.15, 0.2) is 0 Å². The maximum Gasteiger partial charge on any atom is 0.317 e. The molecule has 24 heavy (non-hydrogen) atoms. The van der Waals surface area contributed by atoms with Crippen molar-refractivity contribution in [3.8, 4) is 0 Å². The van der Waals surface area contributed by atoms with E-state index in [9.17, 15) is 14.0 Å². The zero-order valence-electron chi connectivity index (χ0n) is 13.5. The summed E-state index contributed by atoms with van der Waals surface area (Å²) >= 11 is 1.48. The molecule has 1 amide bonds. The Morgan fingerprint density at radius 3 is 2.62 bits per heavy atom. The fourth-order valence-corrected chi connectivity index (χ4v) is 2.89. The molecule has 1 N–H and O–H groups in total. The molecule has 5 nitrogen and oxygen atoms in total. The number of carbonyl (C=O) groups is 2. The van der Waals surface area contributed by atoms with E-state index in [4.69, 9.17) is 4.74 Å². The van der Waals surface area contributed by atoms with Crippen molar-refractivity contribution >= 4 is 23.2 Å². The van der Waals surface area contributed by atoms with Crippen LogP contribution >= 0.6 is 11.3 Å². The van der Waals surface area contributed by atoms with Gasteiger partial charge in [-0.1, -0.05) is 12.1 Å². The molecular weight excluding hydrogens is 331 g/mol. The van der Waals surface area contributed by atoms with Gasteiger partial charge >= 0.3 is 5.97 Å². The number of benzene rings is 1. The number of esters is 1. The lowest BCUT2D eigenvalue weighted by atomic mass is 9.82. The molecule has 2 aromatic rings. The van der Waals surface area contributed by atoms with Crippen LogP contribution in [0.1, 0.15) is 24.6 Å². The highest BCUT2D eigenvalue weighted by molar-refractivity contribution is 7.07. The van der Waals surface area contributed by atoms with Crippen LogP contribution in [0.2, 0.25) is 0 Å². The highest BCUT2D eigenvalue weighted by Crippen LogP contribution is 2.25. The summed E-state index contributed by atoms with van der Waals surface area (Å²) in [5.41, 5.74) is 2.08. The number of aryl methyl sites for hydroxylation is 1. The van der Waals surface area contributed by atoms with Crippen molar-refractivity contribution in [2.24, 2.45) is 0 Å². The van der Waals surface area contributed by atoms with Crippen molar-refractivity contribution in [1.29, 1.82) is 0 Å². The number of aromatic nitrogens is 1. The molecule has 1 aromatic heterocycles. The van der Waals surface area contributed by atoms with Gasteiger partial charge in [-0.25, -0.2) is 9.37 Å². The minimum absolute atomic E-state index is 0.0706. The number of carbonyl (C=O) groups excluding carboxylic acids is 2. The van der Waals surface area contributed by atoms with E-state index in [1.54, 1.807) is 12.4 Å². The summed E-state index contributed by atoms with van der Waals surface area (Å²) in [5.74, 6) is -1.06. The second-order valence-electron chi connectivity index (χ2n) is 5.59. The average molecular weight is 350 g/mol. The lowest BCUT2D eigenvalue weighted by Crippen LogP contribution is -2.45. The summed E-state index contributed by atoms with van der Waals surface area (Å²) in [6.07, 6.45) is 0.825. The number of hydrogen-bond acceptors (Lipinski definition) is 5. The maximum absolute atomic E-state index is 13.1. The predicted octanol–water partition coefficient (Wildman–Crippen LogP) is 2.46. The van der Waals surface area contributed by atoms with Gasteiger partial charge in [-0.3, -0.25) is 9.59 Å².